The van der Waals surface area contributed by atoms with E-state index < -0.39 is 5.91 Å². The van der Waals surface area contributed by atoms with E-state index in [4.69, 9.17) is 16.2 Å². The standard InChI is InChI=1S/C19H20N4O2/c20-19(21)22-18(24)12-5-6-17-15(11-12)14-3-1-2-4-16(14)23(17)13-7-9-25-10-8-13/h1-6,11,13H,7-10H2,(H4,20,21,22,24). The van der Waals surface area contributed by atoms with Gasteiger partial charge in [-0.1, -0.05) is 18.2 Å². The van der Waals surface area contributed by atoms with E-state index in [-0.39, 0.29) is 5.96 Å². The van der Waals surface area contributed by atoms with Crippen LogP contribution in [0.25, 0.3) is 21.8 Å². The number of guanidine groups is 1. The van der Waals surface area contributed by atoms with Crippen LogP contribution < -0.4 is 11.5 Å². The summed E-state index contributed by atoms with van der Waals surface area (Å²) in [5.74, 6) is -0.653. The molecule has 1 fully saturated rings. The number of rotatable bonds is 2. The summed E-state index contributed by atoms with van der Waals surface area (Å²) in [6, 6.07) is 14.3. The number of nitrogens with two attached hydrogens (primary N) is 2. The first kappa shape index (κ1) is 15.7. The summed E-state index contributed by atoms with van der Waals surface area (Å²) in [6.45, 7) is 1.56. The molecular weight excluding hydrogens is 316 g/mol. The van der Waals surface area contributed by atoms with Crippen LogP contribution in [0.2, 0.25) is 0 Å². The highest BCUT2D eigenvalue weighted by molar-refractivity contribution is 6.11. The highest BCUT2D eigenvalue weighted by Gasteiger charge is 2.21. The summed E-state index contributed by atoms with van der Waals surface area (Å²) >= 11 is 0. The fourth-order valence-electron chi connectivity index (χ4n) is 3.65. The molecule has 0 aliphatic carbocycles. The smallest absolute Gasteiger partial charge is 0.280 e. The monoisotopic (exact) mass is 336 g/mol. The van der Waals surface area contributed by atoms with Crippen molar-refractivity contribution >= 4 is 33.7 Å². The molecule has 0 spiro atoms. The van der Waals surface area contributed by atoms with Crippen LogP contribution in [-0.4, -0.2) is 29.6 Å². The number of hydrogen-bond donors (Lipinski definition) is 2. The topological polar surface area (TPSA) is 95.6 Å². The Labute approximate surface area is 145 Å². The Morgan fingerprint density at radius 2 is 1.76 bits per heavy atom. The molecule has 1 amide bonds. The van der Waals surface area contributed by atoms with E-state index in [2.05, 4.69) is 21.7 Å². The second-order valence-electron chi connectivity index (χ2n) is 6.30. The summed E-state index contributed by atoms with van der Waals surface area (Å²) < 4.78 is 7.89. The Hall–Kier alpha value is -2.86. The number of aromatic nitrogens is 1. The first-order valence-corrected chi connectivity index (χ1v) is 8.39. The molecule has 25 heavy (non-hydrogen) atoms. The van der Waals surface area contributed by atoms with Crippen LogP contribution in [0.15, 0.2) is 47.5 Å². The third-order valence-electron chi connectivity index (χ3n) is 4.74. The number of ether oxygens (including phenoxy) is 1. The minimum Gasteiger partial charge on any atom is -0.381 e. The summed E-state index contributed by atoms with van der Waals surface area (Å²) in [5.41, 5.74) is 13.4. The van der Waals surface area contributed by atoms with Crippen molar-refractivity contribution in [1.82, 2.24) is 4.57 Å². The van der Waals surface area contributed by atoms with Crippen molar-refractivity contribution in [3.05, 3.63) is 48.0 Å². The van der Waals surface area contributed by atoms with E-state index >= 15 is 0 Å². The van der Waals surface area contributed by atoms with Gasteiger partial charge in [-0.2, -0.15) is 4.99 Å². The summed E-state index contributed by atoms with van der Waals surface area (Å²) in [7, 11) is 0. The van der Waals surface area contributed by atoms with Crippen LogP contribution in [0.1, 0.15) is 29.2 Å². The van der Waals surface area contributed by atoms with Crippen molar-refractivity contribution in [3.63, 3.8) is 0 Å². The molecule has 2 aromatic carbocycles. The van der Waals surface area contributed by atoms with E-state index in [0.717, 1.165) is 42.3 Å². The maximum Gasteiger partial charge on any atom is 0.280 e. The zero-order chi connectivity index (χ0) is 17.4. The number of carbonyl (C=O) groups is 1. The number of para-hydroxylation sites is 1. The largest absolute Gasteiger partial charge is 0.381 e. The summed E-state index contributed by atoms with van der Waals surface area (Å²) in [6.07, 6.45) is 1.98. The average Bonchev–Trinajstić information content (AvgIpc) is 2.95. The van der Waals surface area contributed by atoms with Crippen LogP contribution in [0.3, 0.4) is 0 Å². The van der Waals surface area contributed by atoms with Gasteiger partial charge < -0.3 is 20.8 Å². The van der Waals surface area contributed by atoms with Gasteiger partial charge in [0.2, 0.25) is 0 Å². The minimum absolute atomic E-state index is 0.227. The second kappa shape index (κ2) is 6.22. The Kier molecular flexibility index (Phi) is 3.89. The number of fused-ring (bicyclic) bond motifs is 3. The normalized spacial score (nSPS) is 15.5. The van der Waals surface area contributed by atoms with Crippen LogP contribution >= 0.6 is 0 Å². The Morgan fingerprint density at radius 3 is 2.52 bits per heavy atom. The molecule has 0 bridgehead atoms. The van der Waals surface area contributed by atoms with Gasteiger partial charge in [-0.25, -0.2) is 0 Å². The van der Waals surface area contributed by atoms with Crippen LogP contribution in [0.5, 0.6) is 0 Å². The zero-order valence-corrected chi connectivity index (χ0v) is 13.8. The van der Waals surface area contributed by atoms with Crippen LogP contribution in [0, 0.1) is 0 Å². The molecule has 1 aromatic heterocycles. The third-order valence-corrected chi connectivity index (χ3v) is 4.74. The van der Waals surface area contributed by atoms with Gasteiger partial charge in [-0.3, -0.25) is 4.79 Å². The molecule has 0 atom stereocenters. The van der Waals surface area contributed by atoms with Gasteiger partial charge in [0.1, 0.15) is 0 Å². The average molecular weight is 336 g/mol. The molecule has 0 saturated carbocycles. The Balaban J connectivity index is 1.93. The van der Waals surface area contributed by atoms with Crippen molar-refractivity contribution in [2.24, 2.45) is 16.5 Å². The molecule has 1 saturated heterocycles. The number of carbonyl (C=O) groups excluding carboxylic acids is 1. The van der Waals surface area contributed by atoms with Gasteiger partial charge in [0.05, 0.1) is 0 Å². The van der Waals surface area contributed by atoms with Crippen molar-refractivity contribution in [2.75, 3.05) is 13.2 Å². The fourth-order valence-corrected chi connectivity index (χ4v) is 3.65. The molecular formula is C19H20N4O2. The van der Waals surface area contributed by atoms with Crippen molar-refractivity contribution < 1.29 is 9.53 Å². The van der Waals surface area contributed by atoms with Gasteiger partial charge in [-0.05, 0) is 37.1 Å². The quantitative estimate of drug-likeness (QED) is 0.555. The lowest BCUT2D eigenvalue weighted by molar-refractivity contribution is 0.0717. The van der Waals surface area contributed by atoms with E-state index in [1.165, 1.54) is 5.52 Å². The second-order valence-corrected chi connectivity index (χ2v) is 6.30. The maximum absolute atomic E-state index is 12.2. The Bertz CT molecular complexity index is 980. The number of nitrogens with zero attached hydrogens (tertiary/aromatic N) is 2. The SMILES string of the molecule is NC(N)=NC(=O)c1ccc2c(c1)c1ccccc1n2C1CCOCC1. The van der Waals surface area contributed by atoms with Gasteiger partial charge in [0.15, 0.2) is 5.96 Å². The molecule has 1 aliphatic rings. The fraction of sp³-hybridized carbons (Fsp3) is 0.263. The van der Waals surface area contributed by atoms with E-state index in [0.29, 0.717) is 11.6 Å². The van der Waals surface area contributed by atoms with E-state index in [1.54, 1.807) is 6.07 Å². The highest BCUT2D eigenvalue weighted by Crippen LogP contribution is 2.35. The molecule has 1 aliphatic heterocycles. The number of benzene rings is 2. The lowest BCUT2D eigenvalue weighted by Gasteiger charge is -2.25. The molecule has 0 radical (unpaired) electrons. The van der Waals surface area contributed by atoms with Crippen molar-refractivity contribution in [3.8, 4) is 0 Å². The summed E-state index contributed by atoms with van der Waals surface area (Å²) in [4.78, 5) is 15.8. The number of hydrogen-bond acceptors (Lipinski definition) is 2. The van der Waals surface area contributed by atoms with E-state index in [9.17, 15) is 4.79 Å². The number of amides is 1. The molecule has 6 heteroatoms. The molecule has 128 valence electrons. The van der Waals surface area contributed by atoms with Gasteiger partial charge >= 0.3 is 0 Å². The predicted molar refractivity (Wildman–Crippen MR) is 98.7 cm³/mol. The lowest BCUT2D eigenvalue weighted by Crippen LogP contribution is -2.24. The van der Waals surface area contributed by atoms with Gasteiger partial charge in [0, 0.05) is 46.6 Å². The minimum atomic E-state index is -0.426. The molecule has 0 unspecified atom stereocenters. The first-order chi connectivity index (χ1) is 12.1. The molecule has 6 nitrogen and oxygen atoms in total. The van der Waals surface area contributed by atoms with Crippen molar-refractivity contribution in [2.45, 2.75) is 18.9 Å². The highest BCUT2D eigenvalue weighted by atomic mass is 16.5. The lowest BCUT2D eigenvalue weighted by atomic mass is 10.1. The molecule has 4 N–H and O–H groups in total. The van der Waals surface area contributed by atoms with Crippen LogP contribution in [0.4, 0.5) is 0 Å². The Morgan fingerprint density at radius 1 is 1.04 bits per heavy atom. The first-order valence-electron chi connectivity index (χ1n) is 8.39. The number of aliphatic imine (C=N–C) groups is 1. The molecule has 4 rings (SSSR count). The molecule has 2 heterocycles. The van der Waals surface area contributed by atoms with Gasteiger partial charge in [0.25, 0.3) is 5.91 Å². The summed E-state index contributed by atoms with van der Waals surface area (Å²) in [5, 5.41) is 2.17. The van der Waals surface area contributed by atoms with Crippen molar-refractivity contribution in [1.29, 1.82) is 0 Å². The van der Waals surface area contributed by atoms with Crippen LogP contribution in [-0.2, 0) is 4.74 Å². The van der Waals surface area contributed by atoms with E-state index in [1.807, 2.05) is 24.3 Å². The maximum atomic E-state index is 12.2. The molecule has 3 aromatic rings. The predicted octanol–water partition coefficient (Wildman–Crippen LogP) is 2.56. The third kappa shape index (κ3) is 2.74. The van der Waals surface area contributed by atoms with Gasteiger partial charge in [-0.15, -0.1) is 0 Å². The zero-order valence-electron chi connectivity index (χ0n) is 13.8.